The van der Waals surface area contributed by atoms with Gasteiger partial charge in [0, 0.05) is 0 Å². The Hall–Kier alpha value is -0.180. The van der Waals surface area contributed by atoms with Crippen LogP contribution >= 0.6 is 11.8 Å². The van der Waals surface area contributed by atoms with Crippen molar-refractivity contribution in [1.29, 1.82) is 0 Å². The fourth-order valence-electron chi connectivity index (χ4n) is 0.823. The van der Waals surface area contributed by atoms with E-state index in [0.29, 0.717) is 0 Å². The molecule has 0 radical (unpaired) electrons. The van der Waals surface area contributed by atoms with Crippen LogP contribution in [-0.2, 0) is 9.53 Å². The Morgan fingerprint density at radius 1 is 1.67 bits per heavy atom. The van der Waals surface area contributed by atoms with E-state index in [-0.39, 0.29) is 16.2 Å². The summed E-state index contributed by atoms with van der Waals surface area (Å²) in [5.74, 6) is -0.0926. The normalized spacial score (nSPS) is 32.3. The first kappa shape index (κ1) is 6.93. The lowest BCUT2D eigenvalue weighted by atomic mass is 10.4. The number of hydrogen-bond donors (Lipinski definition) is 0. The lowest BCUT2D eigenvalue weighted by Gasteiger charge is -2.13. The minimum atomic E-state index is -0.295. The van der Waals surface area contributed by atoms with Crippen LogP contribution in [0.2, 0.25) is 0 Å². The van der Waals surface area contributed by atoms with Crippen LogP contribution in [0.5, 0.6) is 0 Å². The molecule has 1 atom stereocenters. The molecule has 0 saturated carbocycles. The summed E-state index contributed by atoms with van der Waals surface area (Å²) in [6.45, 7) is 5.67. The van der Waals surface area contributed by atoms with E-state index in [1.807, 2.05) is 20.8 Å². The van der Waals surface area contributed by atoms with Gasteiger partial charge in [0.2, 0.25) is 0 Å². The Balaban J connectivity index is 2.65. The van der Waals surface area contributed by atoms with Crippen LogP contribution in [0.3, 0.4) is 0 Å². The summed E-state index contributed by atoms with van der Waals surface area (Å²) in [6, 6.07) is 0. The number of carbonyl (C=O) groups is 1. The first-order chi connectivity index (χ1) is 4.01. The van der Waals surface area contributed by atoms with E-state index < -0.39 is 0 Å². The summed E-state index contributed by atoms with van der Waals surface area (Å²) < 4.78 is 4.98. The van der Waals surface area contributed by atoms with Crippen molar-refractivity contribution in [2.45, 2.75) is 31.0 Å². The minimum Gasteiger partial charge on any atom is -0.448 e. The van der Waals surface area contributed by atoms with E-state index in [1.54, 1.807) is 11.8 Å². The Kier molecular flexibility index (Phi) is 1.47. The highest BCUT2D eigenvalue weighted by atomic mass is 32.2. The molecule has 9 heavy (non-hydrogen) atoms. The minimum absolute atomic E-state index is 0.0139. The largest absolute Gasteiger partial charge is 0.448 e. The molecule has 0 unspecified atom stereocenters. The number of thioether (sulfide) groups is 1. The molecular formula is C6H10O2S. The van der Waals surface area contributed by atoms with Gasteiger partial charge in [-0.1, -0.05) is 0 Å². The number of cyclic esters (lactones) is 1. The van der Waals surface area contributed by atoms with E-state index in [4.69, 9.17) is 4.74 Å². The molecule has 2 nitrogen and oxygen atoms in total. The first-order valence-electron chi connectivity index (χ1n) is 2.92. The molecule has 1 aliphatic rings. The second-order valence-corrected chi connectivity index (χ2v) is 4.51. The highest BCUT2D eigenvalue weighted by Gasteiger charge is 2.37. The summed E-state index contributed by atoms with van der Waals surface area (Å²) in [4.78, 5) is 10.5. The molecule has 0 aromatic heterocycles. The molecule has 1 fully saturated rings. The molecule has 0 aliphatic carbocycles. The van der Waals surface area contributed by atoms with E-state index >= 15 is 0 Å². The van der Waals surface area contributed by atoms with Gasteiger partial charge in [-0.3, -0.25) is 4.79 Å². The third-order valence-electron chi connectivity index (χ3n) is 1.14. The second kappa shape index (κ2) is 1.90. The van der Waals surface area contributed by atoms with Crippen LogP contribution in [0.1, 0.15) is 20.8 Å². The lowest BCUT2D eigenvalue weighted by Crippen LogP contribution is -2.14. The Bertz CT molecular complexity index is 142. The molecule has 0 spiro atoms. The predicted molar refractivity (Wildman–Crippen MR) is 37.2 cm³/mol. The van der Waals surface area contributed by atoms with Crippen LogP contribution in [0.15, 0.2) is 0 Å². The fourth-order valence-corrected chi connectivity index (χ4v) is 1.95. The number of rotatable bonds is 0. The van der Waals surface area contributed by atoms with Crippen molar-refractivity contribution in [3.63, 3.8) is 0 Å². The van der Waals surface area contributed by atoms with Gasteiger partial charge >= 0.3 is 5.97 Å². The zero-order chi connectivity index (χ0) is 7.07. The van der Waals surface area contributed by atoms with Crippen molar-refractivity contribution >= 4 is 17.7 Å². The fraction of sp³-hybridized carbons (Fsp3) is 0.833. The lowest BCUT2D eigenvalue weighted by molar-refractivity contribution is -0.145. The predicted octanol–water partition coefficient (Wildman–Crippen LogP) is 1.40. The Morgan fingerprint density at radius 2 is 2.22 bits per heavy atom. The van der Waals surface area contributed by atoms with Gasteiger partial charge in [-0.25, -0.2) is 0 Å². The van der Waals surface area contributed by atoms with E-state index in [1.165, 1.54) is 0 Å². The monoisotopic (exact) mass is 146 g/mol. The van der Waals surface area contributed by atoms with Gasteiger partial charge in [0.1, 0.15) is 5.25 Å². The van der Waals surface area contributed by atoms with Crippen LogP contribution in [0.4, 0.5) is 0 Å². The molecule has 1 aliphatic heterocycles. The molecule has 0 aromatic carbocycles. The van der Waals surface area contributed by atoms with Gasteiger partial charge in [-0.2, -0.15) is 0 Å². The summed E-state index contributed by atoms with van der Waals surface area (Å²) in [5.41, 5.74) is 0. The van der Waals surface area contributed by atoms with Gasteiger partial charge in [0.15, 0.2) is 4.93 Å². The van der Waals surface area contributed by atoms with Crippen molar-refractivity contribution in [3.05, 3.63) is 0 Å². The molecule has 1 saturated heterocycles. The Morgan fingerprint density at radius 3 is 2.33 bits per heavy atom. The number of esters is 1. The number of hydrogen-bond acceptors (Lipinski definition) is 3. The highest BCUT2D eigenvalue weighted by Crippen LogP contribution is 2.37. The topological polar surface area (TPSA) is 26.3 Å². The maximum Gasteiger partial charge on any atom is 0.320 e. The van der Waals surface area contributed by atoms with E-state index in [0.717, 1.165) is 0 Å². The van der Waals surface area contributed by atoms with Gasteiger partial charge in [-0.05, 0) is 20.8 Å². The Labute approximate surface area is 59.0 Å². The zero-order valence-electron chi connectivity index (χ0n) is 5.80. The molecule has 52 valence electrons. The van der Waals surface area contributed by atoms with Crippen molar-refractivity contribution in [1.82, 2.24) is 0 Å². The second-order valence-electron chi connectivity index (χ2n) is 2.58. The van der Waals surface area contributed by atoms with E-state index in [9.17, 15) is 4.79 Å². The molecule has 0 N–H and O–H groups in total. The van der Waals surface area contributed by atoms with E-state index in [2.05, 4.69) is 0 Å². The van der Waals surface area contributed by atoms with Gasteiger partial charge in [-0.15, -0.1) is 11.8 Å². The summed E-state index contributed by atoms with van der Waals surface area (Å²) in [7, 11) is 0. The average Bonchev–Trinajstić information content (AvgIpc) is 1.79. The maximum absolute atomic E-state index is 10.7. The molecule has 1 rings (SSSR count). The van der Waals surface area contributed by atoms with Crippen LogP contribution < -0.4 is 0 Å². The summed E-state index contributed by atoms with van der Waals surface area (Å²) in [5, 5.41) is 0.0139. The summed E-state index contributed by atoms with van der Waals surface area (Å²) in [6.07, 6.45) is 0. The average molecular weight is 146 g/mol. The smallest absolute Gasteiger partial charge is 0.320 e. The maximum atomic E-state index is 10.7. The van der Waals surface area contributed by atoms with Gasteiger partial charge < -0.3 is 4.74 Å². The van der Waals surface area contributed by atoms with Crippen LogP contribution in [0.25, 0.3) is 0 Å². The highest BCUT2D eigenvalue weighted by molar-refractivity contribution is 8.02. The molecule has 0 amide bonds. The third-order valence-corrected chi connectivity index (χ3v) is 2.34. The van der Waals surface area contributed by atoms with Crippen LogP contribution in [-0.4, -0.2) is 16.2 Å². The van der Waals surface area contributed by atoms with Gasteiger partial charge in [0.25, 0.3) is 0 Å². The van der Waals surface area contributed by atoms with Gasteiger partial charge in [0.05, 0.1) is 0 Å². The number of carbonyl (C=O) groups excluding carboxylic acids is 1. The van der Waals surface area contributed by atoms with Crippen molar-refractivity contribution in [2.24, 2.45) is 0 Å². The first-order valence-corrected chi connectivity index (χ1v) is 3.80. The standard InChI is InChI=1S/C6H10O2S/c1-4-5(7)8-6(2,3)9-4/h4H,1-3H3/t4-/m1/s1. The van der Waals surface area contributed by atoms with Crippen molar-refractivity contribution < 1.29 is 9.53 Å². The number of ether oxygens (including phenoxy) is 1. The van der Waals surface area contributed by atoms with Crippen molar-refractivity contribution in [2.75, 3.05) is 0 Å². The SMILES string of the molecule is C[C@H]1SC(C)(C)OC1=O. The molecule has 0 aromatic rings. The molecule has 0 bridgehead atoms. The summed E-state index contributed by atoms with van der Waals surface area (Å²) >= 11 is 1.56. The zero-order valence-corrected chi connectivity index (χ0v) is 6.62. The molecular weight excluding hydrogens is 136 g/mol. The van der Waals surface area contributed by atoms with Crippen molar-refractivity contribution in [3.8, 4) is 0 Å². The molecule has 3 heteroatoms. The molecule has 1 heterocycles. The third kappa shape index (κ3) is 1.39. The quantitative estimate of drug-likeness (QED) is 0.483. The van der Waals surface area contributed by atoms with Crippen LogP contribution in [0, 0.1) is 0 Å².